The minimum absolute atomic E-state index is 0.611. The van der Waals surface area contributed by atoms with Gasteiger partial charge in [0.2, 0.25) is 0 Å². The summed E-state index contributed by atoms with van der Waals surface area (Å²) >= 11 is 0. The first kappa shape index (κ1) is 11.6. The van der Waals surface area contributed by atoms with Crippen LogP contribution in [-0.2, 0) is 13.1 Å². The maximum atomic E-state index is 4.36. The van der Waals surface area contributed by atoms with E-state index in [1.54, 1.807) is 0 Å². The lowest BCUT2D eigenvalue weighted by Crippen LogP contribution is -2.48. The van der Waals surface area contributed by atoms with Crippen molar-refractivity contribution in [3.05, 3.63) is 18.0 Å². The van der Waals surface area contributed by atoms with Crippen LogP contribution in [0, 0.1) is 0 Å². The molecule has 4 heteroatoms. The molecular formula is C12H22N4. The van der Waals surface area contributed by atoms with Crippen molar-refractivity contribution in [2.75, 3.05) is 19.6 Å². The van der Waals surface area contributed by atoms with Crippen molar-refractivity contribution in [3.63, 3.8) is 0 Å². The molecule has 0 amide bonds. The Morgan fingerprint density at radius 1 is 1.56 bits per heavy atom. The minimum atomic E-state index is 0.611. The third-order valence-electron chi connectivity index (χ3n) is 3.00. The van der Waals surface area contributed by atoms with Gasteiger partial charge >= 0.3 is 0 Å². The zero-order valence-corrected chi connectivity index (χ0v) is 10.3. The van der Waals surface area contributed by atoms with E-state index in [1.165, 1.54) is 5.56 Å². The van der Waals surface area contributed by atoms with Gasteiger partial charge in [-0.15, -0.1) is 0 Å². The fourth-order valence-corrected chi connectivity index (χ4v) is 2.25. The van der Waals surface area contributed by atoms with Gasteiger partial charge in [-0.1, -0.05) is 6.92 Å². The normalized spacial score (nSPS) is 22.5. The van der Waals surface area contributed by atoms with Gasteiger partial charge in [0.05, 0.1) is 6.20 Å². The number of aromatic nitrogens is 2. The van der Waals surface area contributed by atoms with Crippen LogP contribution in [0.4, 0.5) is 0 Å². The molecule has 0 unspecified atom stereocenters. The molecule has 4 nitrogen and oxygen atoms in total. The molecule has 0 spiro atoms. The number of hydrogen-bond donors (Lipinski definition) is 1. The molecule has 0 saturated carbocycles. The molecule has 2 heterocycles. The van der Waals surface area contributed by atoms with Gasteiger partial charge in [0.1, 0.15) is 0 Å². The Balaban J connectivity index is 1.87. The molecule has 1 fully saturated rings. The Morgan fingerprint density at radius 2 is 2.44 bits per heavy atom. The summed E-state index contributed by atoms with van der Waals surface area (Å²) < 4.78 is 2.04. The molecule has 0 bridgehead atoms. The second-order valence-corrected chi connectivity index (χ2v) is 4.70. The van der Waals surface area contributed by atoms with E-state index in [0.717, 1.165) is 39.1 Å². The molecule has 2 rings (SSSR count). The summed E-state index contributed by atoms with van der Waals surface area (Å²) in [4.78, 5) is 2.49. The maximum absolute atomic E-state index is 4.36. The first-order chi connectivity index (χ1) is 7.78. The van der Waals surface area contributed by atoms with E-state index in [2.05, 4.69) is 35.4 Å². The van der Waals surface area contributed by atoms with Crippen molar-refractivity contribution in [2.24, 2.45) is 0 Å². The van der Waals surface area contributed by atoms with Gasteiger partial charge in [-0.25, -0.2) is 0 Å². The smallest absolute Gasteiger partial charge is 0.0534 e. The quantitative estimate of drug-likeness (QED) is 0.828. The molecular weight excluding hydrogens is 200 g/mol. The second-order valence-electron chi connectivity index (χ2n) is 4.70. The predicted molar refractivity (Wildman–Crippen MR) is 65.3 cm³/mol. The van der Waals surface area contributed by atoms with Crippen molar-refractivity contribution in [1.29, 1.82) is 0 Å². The molecule has 1 aliphatic heterocycles. The van der Waals surface area contributed by atoms with Crippen LogP contribution >= 0.6 is 0 Å². The zero-order chi connectivity index (χ0) is 11.4. The van der Waals surface area contributed by atoms with Crippen LogP contribution in [0.15, 0.2) is 12.4 Å². The molecule has 1 aromatic rings. The van der Waals surface area contributed by atoms with Crippen LogP contribution < -0.4 is 5.32 Å². The van der Waals surface area contributed by atoms with Crippen molar-refractivity contribution < 1.29 is 0 Å². The van der Waals surface area contributed by atoms with Crippen LogP contribution in [-0.4, -0.2) is 40.4 Å². The number of rotatable bonds is 4. The van der Waals surface area contributed by atoms with Crippen LogP contribution in [0.3, 0.4) is 0 Å². The lowest BCUT2D eigenvalue weighted by atomic mass is 10.2. The first-order valence-electron chi connectivity index (χ1n) is 6.25. The highest BCUT2D eigenvalue weighted by Crippen LogP contribution is 2.07. The lowest BCUT2D eigenvalue weighted by molar-refractivity contribution is 0.199. The summed E-state index contributed by atoms with van der Waals surface area (Å²) in [6.45, 7) is 9.87. The first-order valence-corrected chi connectivity index (χ1v) is 6.25. The molecule has 0 aliphatic carbocycles. The number of piperazine rings is 1. The van der Waals surface area contributed by atoms with Gasteiger partial charge < -0.3 is 5.32 Å². The third kappa shape index (κ3) is 3.06. The topological polar surface area (TPSA) is 33.1 Å². The largest absolute Gasteiger partial charge is 0.312 e. The monoisotopic (exact) mass is 222 g/mol. The fourth-order valence-electron chi connectivity index (χ4n) is 2.25. The summed E-state index contributed by atoms with van der Waals surface area (Å²) in [5.41, 5.74) is 1.34. The van der Waals surface area contributed by atoms with Crippen molar-refractivity contribution in [1.82, 2.24) is 20.0 Å². The van der Waals surface area contributed by atoms with Crippen LogP contribution in [0.2, 0.25) is 0 Å². The lowest BCUT2D eigenvalue weighted by Gasteiger charge is -2.31. The van der Waals surface area contributed by atoms with Gasteiger partial charge in [-0.2, -0.15) is 5.10 Å². The molecule has 1 N–H and O–H groups in total. The van der Waals surface area contributed by atoms with E-state index in [1.807, 2.05) is 10.9 Å². The number of aryl methyl sites for hydroxylation is 1. The molecule has 1 aromatic heterocycles. The maximum Gasteiger partial charge on any atom is 0.0534 e. The van der Waals surface area contributed by atoms with Crippen molar-refractivity contribution in [2.45, 2.75) is 39.4 Å². The molecule has 1 atom stereocenters. The van der Waals surface area contributed by atoms with E-state index in [-0.39, 0.29) is 0 Å². The van der Waals surface area contributed by atoms with Gasteiger partial charge in [0.15, 0.2) is 0 Å². The van der Waals surface area contributed by atoms with Gasteiger partial charge in [-0.05, 0) is 13.3 Å². The van der Waals surface area contributed by atoms with Gasteiger partial charge in [-0.3, -0.25) is 9.58 Å². The standard InChI is InChI=1S/C12H22N4/c1-3-5-16-10-12(7-14-16)9-15-6-4-13-11(2)8-15/h7,10-11,13H,3-6,8-9H2,1-2H3/t11-/m0/s1. The average Bonchev–Trinajstić information content (AvgIpc) is 2.66. The average molecular weight is 222 g/mol. The molecule has 0 aromatic carbocycles. The second kappa shape index (κ2) is 5.46. The highest BCUT2D eigenvalue weighted by atomic mass is 15.3. The van der Waals surface area contributed by atoms with Crippen LogP contribution in [0.5, 0.6) is 0 Å². The number of nitrogens with zero attached hydrogens (tertiary/aromatic N) is 3. The predicted octanol–water partition coefficient (Wildman–Crippen LogP) is 1.09. The van der Waals surface area contributed by atoms with Crippen molar-refractivity contribution >= 4 is 0 Å². The Labute approximate surface area is 97.6 Å². The van der Waals surface area contributed by atoms with Crippen LogP contribution in [0.1, 0.15) is 25.8 Å². The molecule has 90 valence electrons. The Morgan fingerprint density at radius 3 is 3.19 bits per heavy atom. The summed E-state index contributed by atoms with van der Waals surface area (Å²) in [5.74, 6) is 0. The summed E-state index contributed by atoms with van der Waals surface area (Å²) in [5, 5.41) is 7.83. The van der Waals surface area contributed by atoms with Gasteiger partial charge in [0.25, 0.3) is 0 Å². The SMILES string of the molecule is CCCn1cc(CN2CCN[C@@H](C)C2)cn1. The number of hydrogen-bond acceptors (Lipinski definition) is 3. The third-order valence-corrected chi connectivity index (χ3v) is 3.00. The Kier molecular flexibility index (Phi) is 3.96. The number of nitrogens with one attached hydrogen (secondary N) is 1. The zero-order valence-electron chi connectivity index (χ0n) is 10.3. The molecule has 1 saturated heterocycles. The van der Waals surface area contributed by atoms with E-state index < -0.39 is 0 Å². The highest BCUT2D eigenvalue weighted by Gasteiger charge is 2.15. The van der Waals surface area contributed by atoms with Crippen LogP contribution in [0.25, 0.3) is 0 Å². The highest BCUT2D eigenvalue weighted by molar-refractivity contribution is 5.04. The molecule has 0 radical (unpaired) electrons. The minimum Gasteiger partial charge on any atom is -0.312 e. The fraction of sp³-hybridized carbons (Fsp3) is 0.750. The Hall–Kier alpha value is -0.870. The summed E-state index contributed by atoms with van der Waals surface area (Å²) in [6, 6.07) is 0.611. The van der Waals surface area contributed by atoms with E-state index in [9.17, 15) is 0 Å². The van der Waals surface area contributed by atoms with Crippen molar-refractivity contribution in [3.8, 4) is 0 Å². The molecule has 1 aliphatic rings. The van der Waals surface area contributed by atoms with E-state index in [4.69, 9.17) is 0 Å². The van der Waals surface area contributed by atoms with Gasteiger partial charge in [0, 0.05) is 50.5 Å². The Bertz CT molecular complexity index is 321. The molecule has 16 heavy (non-hydrogen) atoms. The summed E-state index contributed by atoms with van der Waals surface area (Å²) in [6.07, 6.45) is 5.32. The summed E-state index contributed by atoms with van der Waals surface area (Å²) in [7, 11) is 0. The van der Waals surface area contributed by atoms with E-state index >= 15 is 0 Å². The van der Waals surface area contributed by atoms with E-state index in [0.29, 0.717) is 6.04 Å².